The number of fused-ring (bicyclic) bond motifs is 1. The molecule has 29 heavy (non-hydrogen) atoms. The number of benzene rings is 1. The Morgan fingerprint density at radius 1 is 1.31 bits per heavy atom. The van der Waals surface area contributed by atoms with E-state index in [1.165, 1.54) is 0 Å². The molecule has 1 aromatic carbocycles. The van der Waals surface area contributed by atoms with Gasteiger partial charge in [-0.25, -0.2) is 0 Å². The summed E-state index contributed by atoms with van der Waals surface area (Å²) in [4.78, 5) is 12.1. The summed E-state index contributed by atoms with van der Waals surface area (Å²) in [7, 11) is 0. The highest BCUT2D eigenvalue weighted by molar-refractivity contribution is 5.93. The highest BCUT2D eigenvalue weighted by Crippen LogP contribution is 2.41. The summed E-state index contributed by atoms with van der Waals surface area (Å²) in [6, 6.07) is 11.1. The Balaban J connectivity index is 1.26. The van der Waals surface area contributed by atoms with Crippen LogP contribution in [0.15, 0.2) is 47.1 Å². The van der Waals surface area contributed by atoms with Crippen molar-refractivity contribution in [3.05, 3.63) is 53.9 Å². The molecule has 148 valence electrons. The van der Waals surface area contributed by atoms with Crippen LogP contribution >= 0.6 is 0 Å². The number of H-pyrrole nitrogens is 1. The van der Waals surface area contributed by atoms with Gasteiger partial charge in [0.15, 0.2) is 23.0 Å². The van der Waals surface area contributed by atoms with Gasteiger partial charge < -0.3 is 19.2 Å². The van der Waals surface area contributed by atoms with Crippen molar-refractivity contribution < 1.29 is 18.7 Å². The van der Waals surface area contributed by atoms with Crippen molar-refractivity contribution in [1.29, 1.82) is 0 Å². The van der Waals surface area contributed by atoms with Crippen molar-refractivity contribution in [3.63, 3.8) is 0 Å². The first-order valence-corrected chi connectivity index (χ1v) is 9.29. The van der Waals surface area contributed by atoms with E-state index in [0.29, 0.717) is 17.2 Å². The summed E-state index contributed by atoms with van der Waals surface area (Å²) in [6.07, 6.45) is 2.41. The van der Waals surface area contributed by atoms with Crippen molar-refractivity contribution in [2.24, 2.45) is 0 Å². The lowest BCUT2D eigenvalue weighted by Gasteiger charge is -2.17. The average molecular weight is 391 g/mol. The SMILES string of the molecule is CC1(C)Cc2cccc(OCC#CCNC(=O)c3cc(-c4ccco4)[nH]n3)c2O1. The third kappa shape index (κ3) is 4.27. The number of furan rings is 1. The van der Waals surface area contributed by atoms with Crippen LogP contribution in [0.1, 0.15) is 29.9 Å². The van der Waals surface area contributed by atoms with Gasteiger partial charge >= 0.3 is 0 Å². The number of rotatable bonds is 5. The minimum Gasteiger partial charge on any atom is -0.483 e. The predicted octanol–water partition coefficient (Wildman–Crippen LogP) is 3.20. The molecule has 2 N–H and O–H groups in total. The fourth-order valence-corrected chi connectivity index (χ4v) is 3.14. The number of ether oxygens (including phenoxy) is 2. The van der Waals surface area contributed by atoms with Gasteiger partial charge in [-0.3, -0.25) is 9.89 Å². The van der Waals surface area contributed by atoms with Crippen LogP contribution in [-0.4, -0.2) is 34.9 Å². The maximum absolute atomic E-state index is 12.1. The van der Waals surface area contributed by atoms with Crippen LogP contribution in [0, 0.1) is 11.8 Å². The van der Waals surface area contributed by atoms with Crippen LogP contribution in [0.3, 0.4) is 0 Å². The third-order valence-corrected chi connectivity index (χ3v) is 4.41. The standard InChI is InChI=1S/C22H21N3O4/c1-22(2)14-15-7-5-8-19(20(15)29-22)28-11-4-3-10-23-21(26)17-13-16(24-25-17)18-9-6-12-27-18/h5-9,12-13H,10-11,14H2,1-2H3,(H,23,26)(H,24,25). The number of carbonyl (C=O) groups is 1. The molecular formula is C22H21N3O4. The predicted molar refractivity (Wildman–Crippen MR) is 107 cm³/mol. The normalized spacial score (nSPS) is 13.7. The zero-order chi connectivity index (χ0) is 20.3. The molecule has 0 bridgehead atoms. The van der Waals surface area contributed by atoms with Gasteiger partial charge in [-0.05, 0) is 32.0 Å². The van der Waals surface area contributed by atoms with E-state index in [1.54, 1.807) is 24.5 Å². The summed E-state index contributed by atoms with van der Waals surface area (Å²) >= 11 is 0. The number of carbonyl (C=O) groups excluding carboxylic acids is 1. The Morgan fingerprint density at radius 3 is 3.03 bits per heavy atom. The second kappa shape index (κ2) is 7.76. The number of para-hydroxylation sites is 1. The van der Waals surface area contributed by atoms with Gasteiger partial charge in [-0.2, -0.15) is 5.10 Å². The van der Waals surface area contributed by atoms with Crippen molar-refractivity contribution >= 4 is 5.91 Å². The second-order valence-corrected chi connectivity index (χ2v) is 7.25. The minimum absolute atomic E-state index is 0.196. The Labute approximate surface area is 168 Å². The van der Waals surface area contributed by atoms with E-state index in [4.69, 9.17) is 13.9 Å². The molecule has 3 aromatic rings. The van der Waals surface area contributed by atoms with Gasteiger partial charge in [-0.15, -0.1) is 0 Å². The van der Waals surface area contributed by atoms with Gasteiger partial charge in [0, 0.05) is 18.1 Å². The fraction of sp³-hybridized carbons (Fsp3) is 0.273. The minimum atomic E-state index is -0.314. The summed E-state index contributed by atoms with van der Waals surface area (Å²) in [5.41, 5.74) is 1.83. The van der Waals surface area contributed by atoms with E-state index < -0.39 is 0 Å². The number of aromatic amines is 1. The molecule has 1 aliphatic rings. The molecule has 0 saturated carbocycles. The Bertz CT molecular complexity index is 1070. The summed E-state index contributed by atoms with van der Waals surface area (Å²) in [6.45, 7) is 4.51. The first kappa shape index (κ1) is 18.7. The van der Waals surface area contributed by atoms with E-state index >= 15 is 0 Å². The summed E-state index contributed by atoms with van der Waals surface area (Å²) in [5.74, 6) is 7.55. The van der Waals surface area contributed by atoms with Crippen molar-refractivity contribution in [1.82, 2.24) is 15.5 Å². The smallest absolute Gasteiger partial charge is 0.272 e. The lowest BCUT2D eigenvalue weighted by Crippen LogP contribution is -2.24. The molecule has 0 fully saturated rings. The lowest BCUT2D eigenvalue weighted by atomic mass is 10.0. The van der Waals surface area contributed by atoms with E-state index in [1.807, 2.05) is 18.2 Å². The van der Waals surface area contributed by atoms with Crippen molar-refractivity contribution in [2.75, 3.05) is 13.2 Å². The number of nitrogens with zero attached hydrogens (tertiary/aromatic N) is 1. The van der Waals surface area contributed by atoms with Crippen LogP contribution in [0.5, 0.6) is 11.5 Å². The van der Waals surface area contributed by atoms with Gasteiger partial charge in [0.05, 0.1) is 12.8 Å². The molecule has 0 aliphatic carbocycles. The maximum atomic E-state index is 12.1. The molecule has 0 atom stereocenters. The highest BCUT2D eigenvalue weighted by atomic mass is 16.5. The van der Waals surface area contributed by atoms with Crippen LogP contribution < -0.4 is 14.8 Å². The quantitative estimate of drug-likeness (QED) is 0.652. The second-order valence-electron chi connectivity index (χ2n) is 7.25. The first-order valence-electron chi connectivity index (χ1n) is 9.29. The Hall–Kier alpha value is -3.66. The molecule has 2 aromatic heterocycles. The number of hydrogen-bond acceptors (Lipinski definition) is 5. The van der Waals surface area contributed by atoms with E-state index in [2.05, 4.69) is 41.2 Å². The number of hydrogen-bond donors (Lipinski definition) is 2. The van der Waals surface area contributed by atoms with E-state index in [9.17, 15) is 4.79 Å². The third-order valence-electron chi connectivity index (χ3n) is 4.41. The Kier molecular flexibility index (Phi) is 5.00. The molecule has 0 spiro atoms. The van der Waals surface area contributed by atoms with Crippen LogP contribution in [0.25, 0.3) is 11.5 Å². The fourth-order valence-electron chi connectivity index (χ4n) is 3.14. The topological polar surface area (TPSA) is 89.4 Å². The first-order chi connectivity index (χ1) is 14.0. The van der Waals surface area contributed by atoms with Gasteiger partial charge in [0.2, 0.25) is 0 Å². The highest BCUT2D eigenvalue weighted by Gasteiger charge is 2.32. The van der Waals surface area contributed by atoms with Crippen molar-refractivity contribution in [2.45, 2.75) is 25.9 Å². The molecule has 7 nitrogen and oxygen atoms in total. The van der Waals surface area contributed by atoms with Gasteiger partial charge in [0.1, 0.15) is 17.9 Å². The zero-order valence-electron chi connectivity index (χ0n) is 16.2. The molecular weight excluding hydrogens is 370 g/mol. The number of nitrogens with one attached hydrogen (secondary N) is 2. The summed E-state index contributed by atoms with van der Waals surface area (Å²) in [5, 5.41) is 9.46. The van der Waals surface area contributed by atoms with Crippen LogP contribution in [-0.2, 0) is 6.42 Å². The lowest BCUT2D eigenvalue weighted by molar-refractivity contribution is 0.0953. The monoisotopic (exact) mass is 391 g/mol. The molecule has 0 unspecified atom stereocenters. The largest absolute Gasteiger partial charge is 0.483 e. The van der Waals surface area contributed by atoms with E-state index in [0.717, 1.165) is 17.7 Å². The molecule has 3 heterocycles. The molecule has 0 saturated heterocycles. The molecule has 4 rings (SSSR count). The average Bonchev–Trinajstić information content (AvgIpc) is 3.41. The molecule has 7 heteroatoms. The van der Waals surface area contributed by atoms with Gasteiger partial charge in [0.25, 0.3) is 5.91 Å². The van der Waals surface area contributed by atoms with Crippen molar-refractivity contribution in [3.8, 4) is 34.8 Å². The molecule has 1 amide bonds. The molecule has 1 aliphatic heterocycles. The van der Waals surface area contributed by atoms with Gasteiger partial charge in [-0.1, -0.05) is 24.0 Å². The van der Waals surface area contributed by atoms with Crippen LogP contribution in [0.4, 0.5) is 0 Å². The summed E-state index contributed by atoms with van der Waals surface area (Å²) < 4.78 is 17.0. The van der Waals surface area contributed by atoms with Crippen LogP contribution in [0.2, 0.25) is 0 Å². The zero-order valence-corrected chi connectivity index (χ0v) is 16.2. The van der Waals surface area contributed by atoms with E-state index in [-0.39, 0.29) is 30.4 Å². The Morgan fingerprint density at radius 2 is 2.21 bits per heavy atom. The molecule has 0 radical (unpaired) electrons. The number of aromatic nitrogens is 2. The maximum Gasteiger partial charge on any atom is 0.272 e. The number of amides is 1.